The van der Waals surface area contributed by atoms with Gasteiger partial charge in [-0.25, -0.2) is 9.67 Å². The van der Waals surface area contributed by atoms with E-state index >= 15 is 0 Å². The molecule has 96 valence electrons. The van der Waals surface area contributed by atoms with Crippen molar-refractivity contribution in [1.29, 1.82) is 0 Å². The highest BCUT2D eigenvalue weighted by Crippen LogP contribution is 2.22. The Labute approximate surface area is 110 Å². The first-order valence-corrected chi connectivity index (χ1v) is 6.06. The van der Waals surface area contributed by atoms with E-state index < -0.39 is 0 Å². The monoisotopic (exact) mass is 254 g/mol. The summed E-state index contributed by atoms with van der Waals surface area (Å²) in [6.45, 7) is 2.58. The van der Waals surface area contributed by atoms with Gasteiger partial charge in [0.15, 0.2) is 16.9 Å². The standard InChI is InChI=1S/C14H14N4O/c1-10-8-12(19-2)13-14(15-10)18(17-16-13)9-11-6-4-3-5-7-11/h3-8H,9H2,1-2H3. The van der Waals surface area contributed by atoms with Crippen LogP contribution in [0.5, 0.6) is 5.75 Å². The summed E-state index contributed by atoms with van der Waals surface area (Å²) in [5, 5.41) is 8.32. The Morgan fingerprint density at radius 3 is 2.74 bits per heavy atom. The summed E-state index contributed by atoms with van der Waals surface area (Å²) in [7, 11) is 1.63. The van der Waals surface area contributed by atoms with Crippen LogP contribution in [-0.2, 0) is 6.54 Å². The summed E-state index contributed by atoms with van der Waals surface area (Å²) in [5.41, 5.74) is 3.50. The Balaban J connectivity index is 2.08. The minimum absolute atomic E-state index is 0.650. The third kappa shape index (κ3) is 2.14. The molecule has 19 heavy (non-hydrogen) atoms. The van der Waals surface area contributed by atoms with Crippen molar-refractivity contribution in [1.82, 2.24) is 20.0 Å². The number of pyridine rings is 1. The van der Waals surface area contributed by atoms with E-state index in [1.54, 1.807) is 11.8 Å². The van der Waals surface area contributed by atoms with Crippen molar-refractivity contribution in [2.75, 3.05) is 7.11 Å². The maximum Gasteiger partial charge on any atom is 0.182 e. The number of nitrogens with zero attached hydrogens (tertiary/aromatic N) is 4. The molecule has 5 nitrogen and oxygen atoms in total. The maximum atomic E-state index is 5.32. The molecule has 1 aromatic carbocycles. The number of benzene rings is 1. The molecule has 0 spiro atoms. The van der Waals surface area contributed by atoms with Crippen LogP contribution in [0, 0.1) is 6.92 Å². The van der Waals surface area contributed by atoms with Gasteiger partial charge < -0.3 is 4.74 Å². The molecule has 0 aliphatic rings. The van der Waals surface area contributed by atoms with Crippen LogP contribution in [0.1, 0.15) is 11.3 Å². The highest BCUT2D eigenvalue weighted by atomic mass is 16.5. The zero-order valence-electron chi connectivity index (χ0n) is 10.9. The predicted molar refractivity (Wildman–Crippen MR) is 72.2 cm³/mol. The highest BCUT2D eigenvalue weighted by molar-refractivity contribution is 5.77. The van der Waals surface area contributed by atoms with Crippen molar-refractivity contribution in [3.8, 4) is 5.75 Å². The summed E-state index contributed by atoms with van der Waals surface area (Å²) in [4.78, 5) is 4.50. The van der Waals surface area contributed by atoms with Crippen LogP contribution in [0.25, 0.3) is 11.2 Å². The summed E-state index contributed by atoms with van der Waals surface area (Å²) in [6.07, 6.45) is 0. The average Bonchev–Trinajstić information content (AvgIpc) is 2.82. The fourth-order valence-electron chi connectivity index (χ4n) is 2.05. The van der Waals surface area contributed by atoms with Gasteiger partial charge in [0.1, 0.15) is 0 Å². The van der Waals surface area contributed by atoms with E-state index in [1.165, 1.54) is 0 Å². The van der Waals surface area contributed by atoms with Gasteiger partial charge in [0, 0.05) is 11.8 Å². The lowest BCUT2D eigenvalue weighted by molar-refractivity contribution is 0.418. The van der Waals surface area contributed by atoms with Crippen LogP contribution in [0.2, 0.25) is 0 Å². The van der Waals surface area contributed by atoms with Gasteiger partial charge in [0.2, 0.25) is 0 Å². The number of ether oxygens (including phenoxy) is 1. The van der Waals surface area contributed by atoms with Gasteiger partial charge in [-0.2, -0.15) is 0 Å². The van der Waals surface area contributed by atoms with E-state index in [2.05, 4.69) is 27.4 Å². The fraction of sp³-hybridized carbons (Fsp3) is 0.214. The lowest BCUT2D eigenvalue weighted by atomic mass is 10.2. The van der Waals surface area contributed by atoms with E-state index in [0.29, 0.717) is 17.8 Å². The summed E-state index contributed by atoms with van der Waals surface area (Å²) < 4.78 is 7.11. The SMILES string of the molecule is COc1cc(C)nc2c1nnn2Cc1ccccc1. The second-order valence-electron chi connectivity index (χ2n) is 4.37. The minimum atomic E-state index is 0.650. The lowest BCUT2D eigenvalue weighted by Gasteiger charge is -2.04. The normalized spacial score (nSPS) is 10.8. The van der Waals surface area contributed by atoms with E-state index in [0.717, 1.165) is 16.9 Å². The molecule has 0 saturated heterocycles. The predicted octanol–water partition coefficient (Wildman–Crippen LogP) is 2.19. The van der Waals surface area contributed by atoms with E-state index in [1.807, 2.05) is 31.2 Å². The first kappa shape index (κ1) is 11.6. The number of aryl methyl sites for hydroxylation is 1. The van der Waals surface area contributed by atoms with Gasteiger partial charge in [-0.3, -0.25) is 0 Å². The smallest absolute Gasteiger partial charge is 0.182 e. The number of fused-ring (bicyclic) bond motifs is 1. The van der Waals surface area contributed by atoms with Gasteiger partial charge in [-0.1, -0.05) is 35.5 Å². The Morgan fingerprint density at radius 1 is 1.21 bits per heavy atom. The summed E-state index contributed by atoms with van der Waals surface area (Å²) >= 11 is 0. The molecule has 0 aliphatic heterocycles. The van der Waals surface area contributed by atoms with Crippen LogP contribution < -0.4 is 4.74 Å². The Morgan fingerprint density at radius 2 is 2.00 bits per heavy atom. The molecule has 3 rings (SSSR count). The summed E-state index contributed by atoms with van der Waals surface area (Å²) in [5.74, 6) is 0.710. The molecular weight excluding hydrogens is 240 g/mol. The lowest BCUT2D eigenvalue weighted by Crippen LogP contribution is -2.03. The number of hydrogen-bond donors (Lipinski definition) is 0. The first-order chi connectivity index (χ1) is 9.28. The molecule has 0 amide bonds. The molecule has 0 aliphatic carbocycles. The third-order valence-electron chi connectivity index (χ3n) is 2.96. The Bertz CT molecular complexity index is 706. The molecule has 0 N–H and O–H groups in total. The third-order valence-corrected chi connectivity index (χ3v) is 2.96. The van der Waals surface area contributed by atoms with Crippen LogP contribution in [0.3, 0.4) is 0 Å². The van der Waals surface area contributed by atoms with Crippen molar-refractivity contribution in [3.05, 3.63) is 47.7 Å². The zero-order chi connectivity index (χ0) is 13.2. The number of aromatic nitrogens is 4. The molecule has 0 bridgehead atoms. The average molecular weight is 254 g/mol. The van der Waals surface area contributed by atoms with Crippen molar-refractivity contribution < 1.29 is 4.74 Å². The molecule has 0 atom stereocenters. The molecule has 0 radical (unpaired) electrons. The molecule has 3 aromatic rings. The van der Waals surface area contributed by atoms with Crippen LogP contribution in [-0.4, -0.2) is 27.1 Å². The number of methoxy groups -OCH3 is 1. The second-order valence-corrected chi connectivity index (χ2v) is 4.37. The van der Waals surface area contributed by atoms with Crippen LogP contribution in [0.15, 0.2) is 36.4 Å². The van der Waals surface area contributed by atoms with Gasteiger partial charge in [0.05, 0.1) is 13.7 Å². The second kappa shape index (κ2) is 4.68. The van der Waals surface area contributed by atoms with Gasteiger partial charge in [-0.15, -0.1) is 5.10 Å². The zero-order valence-corrected chi connectivity index (χ0v) is 10.9. The molecule has 0 fully saturated rings. The largest absolute Gasteiger partial charge is 0.494 e. The minimum Gasteiger partial charge on any atom is -0.494 e. The molecule has 5 heteroatoms. The van der Waals surface area contributed by atoms with Crippen molar-refractivity contribution in [2.45, 2.75) is 13.5 Å². The van der Waals surface area contributed by atoms with Gasteiger partial charge in [0.25, 0.3) is 0 Å². The van der Waals surface area contributed by atoms with Crippen molar-refractivity contribution in [3.63, 3.8) is 0 Å². The molecule has 0 unspecified atom stereocenters. The Kier molecular flexibility index (Phi) is 2.87. The highest BCUT2D eigenvalue weighted by Gasteiger charge is 2.12. The first-order valence-electron chi connectivity index (χ1n) is 6.06. The maximum absolute atomic E-state index is 5.32. The molecule has 2 aromatic heterocycles. The van der Waals surface area contributed by atoms with Crippen LogP contribution in [0.4, 0.5) is 0 Å². The van der Waals surface area contributed by atoms with Crippen molar-refractivity contribution >= 4 is 11.2 Å². The number of rotatable bonds is 3. The number of hydrogen-bond acceptors (Lipinski definition) is 4. The molecule has 2 heterocycles. The van der Waals surface area contributed by atoms with Crippen molar-refractivity contribution in [2.24, 2.45) is 0 Å². The van der Waals surface area contributed by atoms with Crippen LogP contribution >= 0.6 is 0 Å². The van der Waals surface area contributed by atoms with E-state index in [4.69, 9.17) is 4.74 Å². The quantitative estimate of drug-likeness (QED) is 0.719. The fourth-order valence-corrected chi connectivity index (χ4v) is 2.05. The molecule has 0 saturated carbocycles. The summed E-state index contributed by atoms with van der Waals surface area (Å²) in [6, 6.07) is 12.0. The topological polar surface area (TPSA) is 52.8 Å². The van der Waals surface area contributed by atoms with E-state index in [-0.39, 0.29) is 0 Å². The molecular formula is C14H14N4O. The van der Waals surface area contributed by atoms with Gasteiger partial charge >= 0.3 is 0 Å². The van der Waals surface area contributed by atoms with E-state index in [9.17, 15) is 0 Å². The van der Waals surface area contributed by atoms with Gasteiger partial charge in [-0.05, 0) is 12.5 Å². The Hall–Kier alpha value is -2.43.